The van der Waals surface area contributed by atoms with Gasteiger partial charge in [0.05, 0.1) is 5.60 Å². The van der Waals surface area contributed by atoms with E-state index in [1.807, 2.05) is 6.08 Å². The summed E-state index contributed by atoms with van der Waals surface area (Å²) in [4.78, 5) is 0. The monoisotopic (exact) mass is 198 g/mol. The molecule has 0 radical (unpaired) electrons. The van der Waals surface area contributed by atoms with Gasteiger partial charge in [-0.3, -0.25) is 0 Å². The summed E-state index contributed by atoms with van der Waals surface area (Å²) in [6, 6.07) is 0. The molecular weight excluding hydrogens is 172 g/mol. The van der Waals surface area contributed by atoms with E-state index in [1.54, 1.807) is 0 Å². The lowest BCUT2D eigenvalue weighted by Gasteiger charge is -2.31. The molecule has 0 aromatic heterocycles. The Balaban J connectivity index is 3.99. The minimum absolute atomic E-state index is 0.114. The first-order valence-corrected chi connectivity index (χ1v) is 5.99. The van der Waals surface area contributed by atoms with Gasteiger partial charge in [0.1, 0.15) is 0 Å². The van der Waals surface area contributed by atoms with Crippen LogP contribution in [0, 0.1) is 0 Å². The van der Waals surface area contributed by atoms with Crippen molar-refractivity contribution in [1.29, 1.82) is 0 Å². The van der Waals surface area contributed by atoms with E-state index in [1.165, 1.54) is 12.8 Å². The van der Waals surface area contributed by atoms with Gasteiger partial charge in [0.25, 0.3) is 0 Å². The number of hydrogen-bond acceptors (Lipinski definition) is 1. The van der Waals surface area contributed by atoms with Crippen LogP contribution in [0.5, 0.6) is 0 Å². The third kappa shape index (κ3) is 4.80. The van der Waals surface area contributed by atoms with Crippen LogP contribution >= 0.6 is 0 Å². The maximum Gasteiger partial charge on any atom is 0.0680 e. The Labute approximate surface area is 89.5 Å². The zero-order chi connectivity index (χ0) is 10.9. The molecule has 0 heterocycles. The number of hydrogen-bond donors (Lipinski definition) is 0. The number of allylic oxidation sites excluding steroid dienone is 1. The topological polar surface area (TPSA) is 9.23 Å². The molecule has 0 aliphatic rings. The van der Waals surface area contributed by atoms with E-state index in [9.17, 15) is 0 Å². The average molecular weight is 198 g/mol. The van der Waals surface area contributed by atoms with Crippen LogP contribution in [0.1, 0.15) is 59.3 Å². The van der Waals surface area contributed by atoms with E-state index in [0.717, 1.165) is 32.3 Å². The van der Waals surface area contributed by atoms with Crippen molar-refractivity contribution in [2.24, 2.45) is 0 Å². The maximum atomic E-state index is 6.02. The first-order valence-electron chi connectivity index (χ1n) is 5.99. The lowest BCUT2D eigenvalue weighted by atomic mass is 9.91. The number of unbranched alkanes of at least 4 members (excludes halogenated alkanes) is 1. The molecule has 0 aromatic rings. The standard InChI is InChI=1S/C13H26O/c1-5-9-11-13(7-3,8-4)14-12-10-6-2/h5H,1,6-12H2,2-4H3. The minimum atomic E-state index is 0.114. The zero-order valence-corrected chi connectivity index (χ0v) is 10.1. The lowest BCUT2D eigenvalue weighted by Crippen LogP contribution is -2.31. The van der Waals surface area contributed by atoms with Gasteiger partial charge in [-0.05, 0) is 32.1 Å². The second-order valence-electron chi connectivity index (χ2n) is 3.92. The SMILES string of the molecule is C=CCCC(CC)(CC)OCCCC. The predicted octanol–water partition coefficient (Wildman–Crippen LogP) is 4.33. The summed E-state index contributed by atoms with van der Waals surface area (Å²) in [5.41, 5.74) is 0.114. The van der Waals surface area contributed by atoms with Gasteiger partial charge in [0.15, 0.2) is 0 Å². The van der Waals surface area contributed by atoms with Gasteiger partial charge in [0.2, 0.25) is 0 Å². The molecule has 1 nitrogen and oxygen atoms in total. The Hall–Kier alpha value is -0.300. The molecule has 14 heavy (non-hydrogen) atoms. The van der Waals surface area contributed by atoms with Crippen LogP contribution in [0.3, 0.4) is 0 Å². The van der Waals surface area contributed by atoms with Crippen molar-refractivity contribution in [2.75, 3.05) is 6.61 Å². The van der Waals surface area contributed by atoms with Gasteiger partial charge in [-0.2, -0.15) is 0 Å². The molecule has 0 amide bonds. The van der Waals surface area contributed by atoms with Crippen LogP contribution in [0.15, 0.2) is 12.7 Å². The summed E-state index contributed by atoms with van der Waals surface area (Å²) in [7, 11) is 0. The van der Waals surface area contributed by atoms with Crippen LogP contribution in [0.2, 0.25) is 0 Å². The smallest absolute Gasteiger partial charge is 0.0680 e. The number of rotatable bonds is 9. The molecule has 1 heteroatoms. The predicted molar refractivity (Wildman–Crippen MR) is 63.6 cm³/mol. The van der Waals surface area contributed by atoms with E-state index in [2.05, 4.69) is 27.4 Å². The van der Waals surface area contributed by atoms with E-state index < -0.39 is 0 Å². The van der Waals surface area contributed by atoms with Gasteiger partial charge < -0.3 is 4.74 Å². The summed E-state index contributed by atoms with van der Waals surface area (Å²) in [5.74, 6) is 0. The fourth-order valence-corrected chi connectivity index (χ4v) is 1.68. The van der Waals surface area contributed by atoms with Gasteiger partial charge in [-0.15, -0.1) is 6.58 Å². The highest BCUT2D eigenvalue weighted by Crippen LogP contribution is 2.26. The molecule has 0 aliphatic carbocycles. The van der Waals surface area contributed by atoms with Crippen LogP contribution in [0.4, 0.5) is 0 Å². The molecular formula is C13H26O. The molecule has 0 aliphatic heterocycles. The van der Waals surface area contributed by atoms with Crippen LogP contribution in [-0.2, 0) is 4.74 Å². The van der Waals surface area contributed by atoms with Crippen molar-refractivity contribution < 1.29 is 4.74 Å². The minimum Gasteiger partial charge on any atom is -0.375 e. The van der Waals surface area contributed by atoms with Crippen LogP contribution in [0.25, 0.3) is 0 Å². The molecule has 0 N–H and O–H groups in total. The summed E-state index contributed by atoms with van der Waals surface area (Å²) in [6.07, 6.45) is 8.78. The second kappa shape index (κ2) is 8.05. The Morgan fingerprint density at radius 1 is 1.21 bits per heavy atom. The molecule has 0 spiro atoms. The Morgan fingerprint density at radius 3 is 2.29 bits per heavy atom. The lowest BCUT2D eigenvalue weighted by molar-refractivity contribution is -0.0576. The van der Waals surface area contributed by atoms with Crippen molar-refractivity contribution in [3.63, 3.8) is 0 Å². The summed E-state index contributed by atoms with van der Waals surface area (Å²) in [5, 5.41) is 0. The average Bonchev–Trinajstić information content (AvgIpc) is 2.24. The highest BCUT2D eigenvalue weighted by molar-refractivity contribution is 4.81. The second-order valence-corrected chi connectivity index (χ2v) is 3.92. The first-order chi connectivity index (χ1) is 6.74. The third-order valence-electron chi connectivity index (χ3n) is 3.00. The molecule has 0 saturated carbocycles. The van der Waals surface area contributed by atoms with Gasteiger partial charge in [-0.1, -0.05) is 33.3 Å². The van der Waals surface area contributed by atoms with Crippen molar-refractivity contribution >= 4 is 0 Å². The first kappa shape index (κ1) is 13.7. The fourth-order valence-electron chi connectivity index (χ4n) is 1.68. The summed E-state index contributed by atoms with van der Waals surface area (Å²) >= 11 is 0. The Bertz CT molecular complexity index is 136. The normalized spacial score (nSPS) is 11.6. The molecule has 0 aromatic carbocycles. The molecule has 84 valence electrons. The van der Waals surface area contributed by atoms with E-state index in [0.29, 0.717) is 0 Å². The summed E-state index contributed by atoms with van der Waals surface area (Å²) in [6.45, 7) is 11.3. The van der Waals surface area contributed by atoms with Crippen molar-refractivity contribution in [3.05, 3.63) is 12.7 Å². The van der Waals surface area contributed by atoms with Crippen molar-refractivity contribution in [2.45, 2.75) is 64.9 Å². The van der Waals surface area contributed by atoms with Gasteiger partial charge >= 0.3 is 0 Å². The third-order valence-corrected chi connectivity index (χ3v) is 3.00. The maximum absolute atomic E-state index is 6.02. The molecule has 0 rings (SSSR count). The molecule has 0 atom stereocenters. The largest absolute Gasteiger partial charge is 0.375 e. The van der Waals surface area contributed by atoms with Crippen LogP contribution < -0.4 is 0 Å². The highest BCUT2D eigenvalue weighted by atomic mass is 16.5. The number of ether oxygens (including phenoxy) is 1. The van der Waals surface area contributed by atoms with E-state index in [4.69, 9.17) is 4.74 Å². The molecule has 0 saturated heterocycles. The van der Waals surface area contributed by atoms with E-state index in [-0.39, 0.29) is 5.60 Å². The fraction of sp³-hybridized carbons (Fsp3) is 0.846. The van der Waals surface area contributed by atoms with Crippen molar-refractivity contribution in [3.8, 4) is 0 Å². The summed E-state index contributed by atoms with van der Waals surface area (Å²) < 4.78 is 6.02. The van der Waals surface area contributed by atoms with Gasteiger partial charge in [0, 0.05) is 6.61 Å². The van der Waals surface area contributed by atoms with Gasteiger partial charge in [-0.25, -0.2) is 0 Å². The van der Waals surface area contributed by atoms with E-state index >= 15 is 0 Å². The van der Waals surface area contributed by atoms with Crippen molar-refractivity contribution in [1.82, 2.24) is 0 Å². The highest BCUT2D eigenvalue weighted by Gasteiger charge is 2.25. The quantitative estimate of drug-likeness (QED) is 0.396. The van der Waals surface area contributed by atoms with Crippen LogP contribution in [-0.4, -0.2) is 12.2 Å². The zero-order valence-electron chi connectivity index (χ0n) is 10.1. The Morgan fingerprint density at radius 2 is 1.86 bits per heavy atom. The molecule has 0 bridgehead atoms. The molecule has 0 unspecified atom stereocenters. The Kier molecular flexibility index (Phi) is 7.87. The molecule has 0 fully saturated rings.